The normalized spacial score (nSPS) is 12.8. The van der Waals surface area contributed by atoms with Gasteiger partial charge in [0, 0.05) is 17.2 Å². The van der Waals surface area contributed by atoms with Gasteiger partial charge in [-0.3, -0.25) is 0 Å². The molecule has 0 aromatic heterocycles. The van der Waals surface area contributed by atoms with Crippen molar-refractivity contribution < 1.29 is 14.0 Å². The van der Waals surface area contributed by atoms with E-state index >= 15 is 0 Å². The first-order valence-electron chi connectivity index (χ1n) is 7.77. The summed E-state index contributed by atoms with van der Waals surface area (Å²) in [7, 11) is 1.82. The fourth-order valence-corrected chi connectivity index (χ4v) is 4.60. The summed E-state index contributed by atoms with van der Waals surface area (Å²) >= 11 is 0. The lowest BCUT2D eigenvalue weighted by Gasteiger charge is -2.14. The molecule has 3 nitrogen and oxygen atoms in total. The molecule has 0 aliphatic heterocycles. The van der Waals surface area contributed by atoms with Crippen molar-refractivity contribution in [2.24, 2.45) is 5.92 Å². The third-order valence-corrected chi connectivity index (χ3v) is 5.93. The van der Waals surface area contributed by atoms with Crippen molar-refractivity contribution in [3.63, 3.8) is 0 Å². The number of benzene rings is 2. The van der Waals surface area contributed by atoms with Crippen molar-refractivity contribution >= 4 is 7.80 Å². The monoisotopic (exact) mass is 331 g/mol. The zero-order valence-corrected chi connectivity index (χ0v) is 15.0. The lowest BCUT2D eigenvalue weighted by Crippen LogP contribution is -2.04. The van der Waals surface area contributed by atoms with Crippen LogP contribution in [0.3, 0.4) is 0 Å². The molecule has 2 aromatic rings. The molecule has 4 heteroatoms. The highest BCUT2D eigenvalue weighted by Crippen LogP contribution is 2.50. The van der Waals surface area contributed by atoms with Gasteiger partial charge in [-0.25, -0.2) is 0 Å². The maximum atomic E-state index is 13.0. The Morgan fingerprint density at radius 2 is 1.70 bits per heavy atom. The Bertz CT molecular complexity index is 653. The second-order valence-corrected chi connectivity index (χ2v) is 7.63. The van der Waals surface area contributed by atoms with Gasteiger partial charge in [-0.05, 0) is 18.1 Å². The molecule has 0 saturated heterocycles. The molecule has 2 aromatic carbocycles. The highest BCUT2D eigenvalue weighted by molar-refractivity contribution is 7.45. The fraction of sp³-hybridized carbons (Fsp3) is 0.368. The van der Waals surface area contributed by atoms with E-state index in [0.29, 0.717) is 17.8 Å². The molecule has 2 rings (SSSR count). The van der Waals surface area contributed by atoms with Crippen LogP contribution in [0.5, 0.6) is 11.5 Å². The molecule has 0 spiro atoms. The van der Waals surface area contributed by atoms with Gasteiger partial charge in [0.2, 0.25) is 5.66 Å². The molecule has 0 aliphatic carbocycles. The van der Waals surface area contributed by atoms with Crippen molar-refractivity contribution in [2.75, 3.05) is 20.4 Å². The maximum absolute atomic E-state index is 13.0. The van der Waals surface area contributed by atoms with E-state index in [4.69, 9.17) is 9.47 Å². The van der Waals surface area contributed by atoms with Gasteiger partial charge in [-0.2, -0.15) is 0 Å². The topological polar surface area (TPSA) is 35.5 Å². The van der Waals surface area contributed by atoms with Crippen molar-refractivity contribution in [2.45, 2.75) is 19.5 Å². The van der Waals surface area contributed by atoms with E-state index in [9.17, 15) is 4.57 Å². The third kappa shape index (κ3) is 4.33. The van der Waals surface area contributed by atoms with Crippen molar-refractivity contribution in [1.29, 1.82) is 0 Å². The second kappa shape index (κ2) is 8.12. The minimum Gasteiger partial charge on any atom is -0.497 e. The molecular formula is C19H24O3P+. The Morgan fingerprint density at radius 1 is 1.00 bits per heavy atom. The van der Waals surface area contributed by atoms with E-state index in [1.54, 1.807) is 14.2 Å². The molecule has 2 unspecified atom stereocenters. The maximum Gasteiger partial charge on any atom is 0.351 e. The van der Waals surface area contributed by atoms with Gasteiger partial charge in [0.05, 0.1) is 14.2 Å². The minimum absolute atomic E-state index is 0.172. The van der Waals surface area contributed by atoms with Crippen LogP contribution in [-0.2, 0) is 4.57 Å². The molecule has 2 atom stereocenters. The van der Waals surface area contributed by atoms with Gasteiger partial charge in [-0.1, -0.05) is 48.7 Å². The number of hydrogen-bond acceptors (Lipinski definition) is 3. The van der Waals surface area contributed by atoms with Gasteiger partial charge >= 0.3 is 7.80 Å². The van der Waals surface area contributed by atoms with Crippen LogP contribution in [0, 0.1) is 5.92 Å². The summed E-state index contributed by atoms with van der Waals surface area (Å²) in [6, 6.07) is 15.7. The zero-order valence-electron chi connectivity index (χ0n) is 14.2. The molecule has 0 fully saturated rings. The van der Waals surface area contributed by atoms with Gasteiger partial charge < -0.3 is 9.47 Å². The minimum atomic E-state index is -1.44. The average molecular weight is 331 g/mol. The predicted molar refractivity (Wildman–Crippen MR) is 95.1 cm³/mol. The predicted octanol–water partition coefficient (Wildman–Crippen LogP) is 5.28. The smallest absolute Gasteiger partial charge is 0.351 e. The van der Waals surface area contributed by atoms with Crippen molar-refractivity contribution in [3.8, 4) is 11.5 Å². The van der Waals surface area contributed by atoms with Crippen LogP contribution in [-0.4, -0.2) is 20.4 Å². The van der Waals surface area contributed by atoms with E-state index in [2.05, 4.69) is 13.8 Å². The highest BCUT2D eigenvalue weighted by atomic mass is 31.1. The van der Waals surface area contributed by atoms with Crippen LogP contribution in [0.1, 0.15) is 30.6 Å². The van der Waals surface area contributed by atoms with Crippen LogP contribution >= 0.6 is 7.80 Å². The van der Waals surface area contributed by atoms with E-state index in [-0.39, 0.29) is 5.66 Å². The largest absolute Gasteiger partial charge is 0.497 e. The summed E-state index contributed by atoms with van der Waals surface area (Å²) in [5, 5.41) is 0. The number of ether oxygens (including phenoxy) is 2. The highest BCUT2D eigenvalue weighted by Gasteiger charge is 2.36. The summed E-state index contributed by atoms with van der Waals surface area (Å²) in [4.78, 5) is 0. The van der Waals surface area contributed by atoms with Gasteiger partial charge in [0.25, 0.3) is 0 Å². The zero-order chi connectivity index (χ0) is 16.8. The molecule has 0 saturated carbocycles. The van der Waals surface area contributed by atoms with E-state index < -0.39 is 7.80 Å². The van der Waals surface area contributed by atoms with E-state index in [1.807, 2.05) is 48.5 Å². The quantitative estimate of drug-likeness (QED) is 0.648. The van der Waals surface area contributed by atoms with Crippen LogP contribution in [0.4, 0.5) is 0 Å². The Morgan fingerprint density at radius 3 is 2.26 bits per heavy atom. The summed E-state index contributed by atoms with van der Waals surface area (Å²) in [5.74, 6) is 1.83. The standard InChI is InChI=1S/C19H24O3P/c1-14(2)13-23(20)19(15-8-6-5-7-9-15)17-11-10-16(21-3)12-18(17)22-4/h5-12,14,19H,13H2,1-4H3/q+1. The lowest BCUT2D eigenvalue weighted by atomic mass is 10.0. The summed E-state index contributed by atoms with van der Waals surface area (Å²) in [6.45, 7) is 4.20. The first-order valence-corrected chi connectivity index (χ1v) is 9.28. The molecular weight excluding hydrogens is 307 g/mol. The lowest BCUT2D eigenvalue weighted by molar-refractivity contribution is 0.391. The van der Waals surface area contributed by atoms with Crippen molar-refractivity contribution in [3.05, 3.63) is 59.7 Å². The van der Waals surface area contributed by atoms with Crippen LogP contribution in [0.2, 0.25) is 0 Å². The molecule has 0 heterocycles. The molecule has 23 heavy (non-hydrogen) atoms. The van der Waals surface area contributed by atoms with Crippen LogP contribution in [0.15, 0.2) is 48.5 Å². The van der Waals surface area contributed by atoms with Crippen molar-refractivity contribution in [1.82, 2.24) is 0 Å². The van der Waals surface area contributed by atoms with Gasteiger partial charge in [0.15, 0.2) is 0 Å². The Hall–Kier alpha value is -1.86. The molecule has 0 N–H and O–H groups in total. The van der Waals surface area contributed by atoms with Gasteiger partial charge in [0.1, 0.15) is 17.7 Å². The third-order valence-electron chi connectivity index (χ3n) is 3.68. The molecule has 122 valence electrons. The van der Waals surface area contributed by atoms with Gasteiger partial charge in [-0.15, -0.1) is 0 Å². The molecule has 0 bridgehead atoms. The Labute approximate surface area is 139 Å². The molecule has 0 radical (unpaired) electrons. The molecule has 0 aliphatic rings. The first-order chi connectivity index (χ1) is 11.1. The SMILES string of the molecule is COc1ccc(C(c2ccccc2)[P+](=O)CC(C)C)c(OC)c1. The first kappa shape index (κ1) is 17.5. The van der Waals surface area contributed by atoms with E-state index in [0.717, 1.165) is 16.9 Å². The number of methoxy groups -OCH3 is 2. The average Bonchev–Trinajstić information content (AvgIpc) is 2.55. The Kier molecular flexibility index (Phi) is 6.18. The van der Waals surface area contributed by atoms with Crippen LogP contribution < -0.4 is 9.47 Å². The molecule has 0 amide bonds. The summed E-state index contributed by atoms with van der Waals surface area (Å²) in [6.07, 6.45) is 0.685. The Balaban J connectivity index is 2.51. The van der Waals surface area contributed by atoms with E-state index in [1.165, 1.54) is 0 Å². The van der Waals surface area contributed by atoms with Crippen LogP contribution in [0.25, 0.3) is 0 Å². The number of hydrogen-bond donors (Lipinski definition) is 0. The summed E-state index contributed by atoms with van der Waals surface area (Å²) in [5.41, 5.74) is 1.83. The fourth-order valence-electron chi connectivity index (χ4n) is 2.65. The number of rotatable bonds is 7. The second-order valence-electron chi connectivity index (χ2n) is 5.91. The summed E-state index contributed by atoms with van der Waals surface area (Å²) < 4.78 is 23.8.